The van der Waals surface area contributed by atoms with Crippen molar-refractivity contribution in [3.63, 3.8) is 0 Å². The monoisotopic (exact) mass is 253 g/mol. The zero-order valence-corrected chi connectivity index (χ0v) is 10.9. The van der Waals surface area contributed by atoms with Crippen LogP contribution in [-0.4, -0.2) is 42.8 Å². The van der Waals surface area contributed by atoms with Crippen LogP contribution in [-0.2, 0) is 4.74 Å². The van der Waals surface area contributed by atoms with E-state index in [-0.39, 0.29) is 12.2 Å². The molecule has 18 heavy (non-hydrogen) atoms. The number of guanidine groups is 1. The van der Waals surface area contributed by atoms with E-state index in [0.29, 0.717) is 11.7 Å². The van der Waals surface area contributed by atoms with Gasteiger partial charge in [0.1, 0.15) is 6.10 Å². The van der Waals surface area contributed by atoms with E-state index < -0.39 is 0 Å². The van der Waals surface area contributed by atoms with E-state index in [1.165, 1.54) is 0 Å². The summed E-state index contributed by atoms with van der Waals surface area (Å²) in [5.74, 6) is 1.98. The molecule has 0 bridgehead atoms. The van der Waals surface area contributed by atoms with Gasteiger partial charge in [-0.2, -0.15) is 4.98 Å². The topological polar surface area (TPSA) is 84.6 Å². The predicted molar refractivity (Wildman–Crippen MR) is 66.3 cm³/mol. The van der Waals surface area contributed by atoms with Crippen molar-refractivity contribution in [1.29, 1.82) is 0 Å². The van der Waals surface area contributed by atoms with E-state index in [2.05, 4.69) is 25.8 Å². The Labute approximate surface area is 106 Å². The number of aryl methyl sites for hydroxylation is 1. The first kappa shape index (κ1) is 12.8. The second kappa shape index (κ2) is 5.81. The number of ether oxygens (including phenoxy) is 1. The van der Waals surface area contributed by atoms with Crippen LogP contribution in [0.25, 0.3) is 0 Å². The van der Waals surface area contributed by atoms with Gasteiger partial charge in [0.05, 0.1) is 6.10 Å². The molecule has 100 valence electrons. The maximum atomic E-state index is 5.86. The summed E-state index contributed by atoms with van der Waals surface area (Å²) in [6.07, 6.45) is 1.95. The Balaban J connectivity index is 1.82. The molecular weight excluding hydrogens is 234 g/mol. The number of rotatable bonds is 3. The van der Waals surface area contributed by atoms with Crippen molar-refractivity contribution in [2.24, 2.45) is 4.99 Å². The van der Waals surface area contributed by atoms with Crippen molar-refractivity contribution in [2.75, 3.05) is 20.6 Å². The molecule has 1 aromatic heterocycles. The van der Waals surface area contributed by atoms with Crippen LogP contribution in [0, 0.1) is 6.92 Å². The summed E-state index contributed by atoms with van der Waals surface area (Å²) >= 11 is 0. The number of aromatic nitrogens is 2. The molecule has 0 spiro atoms. The molecule has 2 atom stereocenters. The van der Waals surface area contributed by atoms with Gasteiger partial charge in [-0.05, 0) is 19.8 Å². The molecule has 0 saturated carbocycles. The lowest BCUT2D eigenvalue weighted by molar-refractivity contribution is 0.0285. The lowest BCUT2D eigenvalue weighted by atomic mass is 10.2. The van der Waals surface area contributed by atoms with Crippen molar-refractivity contribution in [3.05, 3.63) is 11.7 Å². The lowest BCUT2D eigenvalue weighted by Gasteiger charge is -2.14. The largest absolute Gasteiger partial charge is 0.363 e. The summed E-state index contributed by atoms with van der Waals surface area (Å²) in [6.45, 7) is 2.52. The summed E-state index contributed by atoms with van der Waals surface area (Å²) < 4.78 is 11.0. The fourth-order valence-corrected chi connectivity index (χ4v) is 1.97. The molecule has 2 rings (SSSR count). The molecule has 2 heterocycles. The summed E-state index contributed by atoms with van der Waals surface area (Å²) in [5.41, 5.74) is 0. The van der Waals surface area contributed by atoms with Crippen LogP contribution in [0.2, 0.25) is 0 Å². The van der Waals surface area contributed by atoms with Crippen LogP contribution < -0.4 is 10.6 Å². The van der Waals surface area contributed by atoms with Gasteiger partial charge in [-0.15, -0.1) is 0 Å². The van der Waals surface area contributed by atoms with Crippen molar-refractivity contribution < 1.29 is 9.26 Å². The highest BCUT2D eigenvalue weighted by Gasteiger charge is 2.30. The van der Waals surface area contributed by atoms with Gasteiger partial charge < -0.3 is 19.9 Å². The van der Waals surface area contributed by atoms with E-state index >= 15 is 0 Å². The van der Waals surface area contributed by atoms with Gasteiger partial charge in [0.2, 0.25) is 0 Å². The summed E-state index contributed by atoms with van der Waals surface area (Å²) in [5, 5.41) is 9.93. The quantitative estimate of drug-likeness (QED) is 0.599. The molecule has 1 aromatic rings. The van der Waals surface area contributed by atoms with E-state index in [1.807, 2.05) is 7.05 Å². The zero-order chi connectivity index (χ0) is 13.0. The first-order chi connectivity index (χ1) is 8.72. The fraction of sp³-hybridized carbons (Fsp3) is 0.727. The minimum atomic E-state index is -0.0744. The number of aliphatic imine (C=N–C) groups is 1. The first-order valence-corrected chi connectivity index (χ1v) is 6.07. The number of hydrogen-bond donors (Lipinski definition) is 2. The zero-order valence-electron chi connectivity index (χ0n) is 10.9. The highest BCUT2D eigenvalue weighted by molar-refractivity contribution is 5.79. The molecule has 1 fully saturated rings. The van der Waals surface area contributed by atoms with Crippen LogP contribution in [0.1, 0.15) is 30.7 Å². The minimum Gasteiger partial charge on any atom is -0.363 e. The lowest BCUT2D eigenvalue weighted by Crippen LogP contribution is -2.39. The van der Waals surface area contributed by atoms with Gasteiger partial charge >= 0.3 is 0 Å². The molecule has 7 nitrogen and oxygen atoms in total. The Morgan fingerprint density at radius 3 is 2.94 bits per heavy atom. The van der Waals surface area contributed by atoms with Crippen molar-refractivity contribution in [1.82, 2.24) is 20.8 Å². The summed E-state index contributed by atoms with van der Waals surface area (Å²) in [6, 6.07) is 0. The molecular formula is C11H19N5O2. The number of nitrogens with one attached hydrogen (secondary N) is 2. The molecule has 1 aliphatic rings. The maximum Gasteiger partial charge on any atom is 0.255 e. The molecule has 0 unspecified atom stereocenters. The number of hydrogen-bond acceptors (Lipinski definition) is 5. The third-order valence-corrected chi connectivity index (χ3v) is 2.88. The van der Waals surface area contributed by atoms with Gasteiger partial charge in [0, 0.05) is 20.6 Å². The second-order valence-electron chi connectivity index (χ2n) is 4.21. The molecule has 7 heteroatoms. The smallest absolute Gasteiger partial charge is 0.255 e. The summed E-state index contributed by atoms with van der Waals surface area (Å²) in [7, 11) is 3.56. The van der Waals surface area contributed by atoms with Gasteiger partial charge in [-0.1, -0.05) is 5.16 Å². The minimum absolute atomic E-state index is 0.0744. The molecule has 1 aliphatic heterocycles. The van der Waals surface area contributed by atoms with Crippen LogP contribution in [0.3, 0.4) is 0 Å². The molecule has 2 N–H and O–H groups in total. The highest BCUT2D eigenvalue weighted by Crippen LogP contribution is 2.31. The van der Waals surface area contributed by atoms with Crippen LogP contribution >= 0.6 is 0 Å². The highest BCUT2D eigenvalue weighted by atomic mass is 16.5. The van der Waals surface area contributed by atoms with Crippen molar-refractivity contribution in [3.8, 4) is 0 Å². The molecule has 0 radical (unpaired) electrons. The van der Waals surface area contributed by atoms with Gasteiger partial charge in [0.25, 0.3) is 5.89 Å². The van der Waals surface area contributed by atoms with E-state index in [1.54, 1.807) is 14.0 Å². The standard InChI is InChI=1S/C11H19N5O2/c1-7-15-10(18-16-7)9-5-4-8(17-9)6-14-11(12-2)13-3/h8-9H,4-6H2,1-3H3,(H2,12,13,14)/t8-,9+/m1/s1. The third kappa shape index (κ3) is 2.98. The normalized spacial score (nSPS) is 24.3. The SMILES string of the molecule is CN=C(NC)NC[C@H]1CC[C@@H](c2nc(C)no2)O1. The Morgan fingerprint density at radius 2 is 2.33 bits per heavy atom. The summed E-state index contributed by atoms with van der Waals surface area (Å²) in [4.78, 5) is 8.24. The molecule has 0 aliphatic carbocycles. The Hall–Kier alpha value is -1.63. The van der Waals surface area contributed by atoms with E-state index in [0.717, 1.165) is 25.3 Å². The predicted octanol–water partition coefficient (Wildman–Crippen LogP) is 0.393. The molecule has 0 aromatic carbocycles. The van der Waals surface area contributed by atoms with Crippen LogP contribution in [0.15, 0.2) is 9.52 Å². The fourth-order valence-electron chi connectivity index (χ4n) is 1.97. The number of nitrogens with zero attached hydrogens (tertiary/aromatic N) is 3. The van der Waals surface area contributed by atoms with Crippen molar-refractivity contribution >= 4 is 5.96 Å². The average molecular weight is 253 g/mol. The van der Waals surface area contributed by atoms with Gasteiger partial charge in [-0.3, -0.25) is 4.99 Å². The second-order valence-corrected chi connectivity index (χ2v) is 4.21. The average Bonchev–Trinajstić information content (AvgIpc) is 2.99. The van der Waals surface area contributed by atoms with Crippen LogP contribution in [0.5, 0.6) is 0 Å². The molecule has 1 saturated heterocycles. The van der Waals surface area contributed by atoms with E-state index in [4.69, 9.17) is 9.26 Å². The van der Waals surface area contributed by atoms with Gasteiger partial charge in [-0.25, -0.2) is 0 Å². The first-order valence-electron chi connectivity index (χ1n) is 6.07. The maximum absolute atomic E-state index is 5.86. The third-order valence-electron chi connectivity index (χ3n) is 2.88. The Kier molecular flexibility index (Phi) is 4.14. The van der Waals surface area contributed by atoms with E-state index in [9.17, 15) is 0 Å². The Morgan fingerprint density at radius 1 is 1.50 bits per heavy atom. The van der Waals surface area contributed by atoms with Crippen LogP contribution in [0.4, 0.5) is 0 Å². The Bertz CT molecular complexity index is 417. The van der Waals surface area contributed by atoms with Crippen molar-refractivity contribution in [2.45, 2.75) is 32.0 Å². The van der Waals surface area contributed by atoms with Gasteiger partial charge in [0.15, 0.2) is 11.8 Å². The molecule has 0 amide bonds.